The van der Waals surface area contributed by atoms with Gasteiger partial charge in [-0.2, -0.15) is 0 Å². The van der Waals surface area contributed by atoms with Gasteiger partial charge in [-0.1, -0.05) is 37.6 Å². The van der Waals surface area contributed by atoms with Gasteiger partial charge >= 0.3 is 0 Å². The largest absolute Gasteiger partial charge is 0.496 e. The van der Waals surface area contributed by atoms with E-state index in [9.17, 15) is 47.9 Å². The number of allylic oxidation sites excluding steroid dienone is 4. The van der Waals surface area contributed by atoms with E-state index >= 15 is 0 Å². The molecule has 1 atom stereocenters. The van der Waals surface area contributed by atoms with E-state index in [2.05, 4.69) is 92.2 Å². The van der Waals surface area contributed by atoms with Crippen molar-refractivity contribution in [2.75, 3.05) is 152 Å². The fourth-order valence-electron chi connectivity index (χ4n) is 12.2. The fourth-order valence-corrected chi connectivity index (χ4v) is 13.6. The van der Waals surface area contributed by atoms with Crippen LogP contribution in [0.5, 0.6) is 0 Å². The van der Waals surface area contributed by atoms with Crippen LogP contribution in [0.3, 0.4) is 0 Å². The second-order valence-corrected chi connectivity index (χ2v) is 29.7. The van der Waals surface area contributed by atoms with Crippen molar-refractivity contribution in [1.82, 2.24) is 79.1 Å². The summed E-state index contributed by atoms with van der Waals surface area (Å²) in [5.74, 6) is -2.67. The van der Waals surface area contributed by atoms with E-state index in [-0.39, 0.29) is 135 Å². The lowest BCUT2D eigenvalue weighted by atomic mass is 9.99. The summed E-state index contributed by atoms with van der Waals surface area (Å²) >= 11 is 7.92. The van der Waals surface area contributed by atoms with E-state index in [1.165, 1.54) is 66.8 Å². The average Bonchev–Trinajstić information content (AvgIpc) is 1.59. The third-order valence-corrected chi connectivity index (χ3v) is 19.9. The summed E-state index contributed by atoms with van der Waals surface area (Å²) in [6, 6.07) is 9.92. The van der Waals surface area contributed by atoms with Crippen LogP contribution in [0.4, 0.5) is 28.8 Å². The summed E-state index contributed by atoms with van der Waals surface area (Å²) in [5, 5.41) is 37.4. The molecule has 0 spiro atoms. The summed E-state index contributed by atoms with van der Waals surface area (Å²) in [5.41, 5.74) is 5.07. The van der Waals surface area contributed by atoms with E-state index < -0.39 is 53.3 Å². The van der Waals surface area contributed by atoms with Crippen LogP contribution in [-0.2, 0) is 97.1 Å². The van der Waals surface area contributed by atoms with E-state index in [1.54, 1.807) is 45.7 Å². The number of anilines is 5. The Kier molecular flexibility index (Phi) is 36.9. The first-order valence-electron chi connectivity index (χ1n) is 39.9. The number of amides is 10. The number of carbonyl (C=O) groups excluding carboxylic acids is 10. The second-order valence-electron chi connectivity index (χ2n) is 28.1. The molecule has 1 aliphatic rings. The Hall–Kier alpha value is -12.1. The number of ether oxygens (including phenoxy) is 8. The van der Waals surface area contributed by atoms with Gasteiger partial charge in [0, 0.05) is 145 Å². The third kappa shape index (κ3) is 28.8. The number of nitrogens with one attached hydrogen (secondary N) is 10. The fraction of sp³-hybridized carbons (Fsp3) is 0.457. The topological polar surface area (TPSA) is 471 Å². The van der Waals surface area contributed by atoms with Crippen molar-refractivity contribution in [3.05, 3.63) is 158 Å². The molecule has 1 aromatic carbocycles. The highest BCUT2D eigenvalue weighted by atomic mass is 35.5. The van der Waals surface area contributed by atoms with E-state index in [4.69, 9.17) is 54.5 Å². The van der Waals surface area contributed by atoms with Crippen molar-refractivity contribution in [3.63, 3.8) is 0 Å². The standard InChI is InChI=1S/C81H107ClN22O18S/c1-12-24-84-78(112)73-94-61(46-101(73)9)91-66(107)22-27-86-77(111)71-58(23-28-99(71)7)90-80(114)75-96-63(48-103(75)11)93-65(106)21-26-85-76(110)60-43-56(45-100(60)8)88-79(113)74-95-62(47-102(74)10)92-64(105)20-25-83-68(109)49-121-40-39-119-36-35-117-32-31-115-29-30-116-33-34-118-37-38-120-41-42-122-57(13-2)19-14-50(3)87-67(108)44-59-72-98-97-53(6)104(72)81-69(51(4)52(5)123-81)70(89-59)54-15-17-55(82)18-16-54/h14-19,23,28,43,45-48,59H,12-13,20-22,24-27,29-42,44,49H2,1-11H3,(H,83,109)(H,84,112)(H,85,110)(H,86,111)(H,87,108)(H,88,113)(H,90,114)(H,91,107)(H,92,105)(H,93,106)/b50-14+,57-19+/t59-/m0/s1. The van der Waals surface area contributed by atoms with Crippen molar-refractivity contribution in [1.29, 1.82) is 0 Å². The maximum Gasteiger partial charge on any atom is 0.291 e. The monoisotopic (exact) mass is 1740 g/mol. The minimum Gasteiger partial charge on any atom is -0.496 e. The number of aryl methyl sites for hydroxylation is 7. The Morgan fingerprint density at radius 2 is 1.01 bits per heavy atom. The quantitative estimate of drug-likeness (QED) is 0.0122. The number of halogens is 1. The number of thiophene rings is 1. The minimum absolute atomic E-state index is 0.000850. The van der Waals surface area contributed by atoms with Gasteiger partial charge in [0.2, 0.25) is 47.0 Å². The summed E-state index contributed by atoms with van der Waals surface area (Å²) in [7, 11) is 7.90. The first-order chi connectivity index (χ1) is 59.2. The molecule has 0 unspecified atom stereocenters. The number of imidazole rings is 3. The molecule has 8 heterocycles. The van der Waals surface area contributed by atoms with E-state index in [1.807, 2.05) is 68.7 Å². The molecule has 1 aliphatic heterocycles. The lowest BCUT2D eigenvalue weighted by molar-refractivity contribution is -0.126. The second kappa shape index (κ2) is 47.9. The highest BCUT2D eigenvalue weighted by Crippen LogP contribution is 2.40. The molecule has 662 valence electrons. The zero-order valence-electron chi connectivity index (χ0n) is 70.8. The van der Waals surface area contributed by atoms with Crippen LogP contribution in [0.2, 0.25) is 5.02 Å². The Balaban J connectivity index is 0.537. The molecule has 0 saturated carbocycles. The molecule has 42 heteroatoms. The molecule has 40 nitrogen and oxygen atoms in total. The molecule has 0 bridgehead atoms. The number of hydrogen-bond donors (Lipinski definition) is 10. The predicted octanol–water partition coefficient (Wildman–Crippen LogP) is 5.82. The number of hydrogen-bond acceptors (Lipinski definition) is 25. The van der Waals surface area contributed by atoms with Gasteiger partial charge in [-0.05, 0) is 76.1 Å². The zero-order valence-corrected chi connectivity index (χ0v) is 72.3. The smallest absolute Gasteiger partial charge is 0.291 e. The number of benzene rings is 1. The number of fused-ring (bicyclic) bond motifs is 3. The average molecular weight is 1740 g/mol. The SMILES string of the molecule is CCCNC(=O)c1nc(NC(=O)CCNC(=O)c2c(NC(=O)c3nc(NC(=O)CCNC(=O)c4cc(NC(=O)c5nc(NC(=O)CCNC(=O)COCCOCCOCCOCCOCCOCCOCCO/C(=C/C=C(\C)NC(=O)C[C@@H]6N=C(c7ccc(Cl)cc7)c7c(sc(C)c7C)-n7c(C)nnc76)CC)cn5C)cn4C)cn3C)ccn2C)cn1C. The molecular weight excluding hydrogens is 1640 g/mol. The normalized spacial score (nSPS) is 12.5. The van der Waals surface area contributed by atoms with Crippen LogP contribution < -0.4 is 53.2 Å². The first kappa shape index (κ1) is 94.8. The maximum absolute atomic E-state index is 13.6. The Morgan fingerprint density at radius 1 is 0.512 bits per heavy atom. The molecule has 9 rings (SSSR count). The molecular formula is C81H107ClN22O18S. The Bertz CT molecular complexity index is 5090. The maximum atomic E-state index is 13.6. The molecule has 0 saturated heterocycles. The molecule has 0 aliphatic carbocycles. The first-order valence-corrected chi connectivity index (χ1v) is 41.1. The van der Waals surface area contributed by atoms with Gasteiger partial charge in [0.05, 0.1) is 115 Å². The zero-order chi connectivity index (χ0) is 88.5. The van der Waals surface area contributed by atoms with Crippen molar-refractivity contribution in [3.8, 4) is 5.00 Å². The molecule has 123 heavy (non-hydrogen) atoms. The van der Waals surface area contributed by atoms with Crippen LogP contribution in [-0.4, -0.2) is 243 Å². The summed E-state index contributed by atoms with van der Waals surface area (Å²) < 4.78 is 54.1. The highest BCUT2D eigenvalue weighted by molar-refractivity contribution is 7.15. The van der Waals surface area contributed by atoms with Gasteiger partial charge in [0.25, 0.3) is 29.5 Å². The van der Waals surface area contributed by atoms with Crippen molar-refractivity contribution in [2.45, 2.75) is 86.1 Å². The Labute approximate surface area is 719 Å². The van der Waals surface area contributed by atoms with Gasteiger partial charge < -0.3 is 114 Å². The van der Waals surface area contributed by atoms with Gasteiger partial charge in [0.1, 0.15) is 41.5 Å². The molecule has 0 radical (unpaired) electrons. The van der Waals surface area contributed by atoms with E-state index in [0.717, 1.165) is 50.3 Å². The minimum atomic E-state index is -0.699. The molecule has 0 fully saturated rings. The molecule has 7 aromatic heterocycles. The third-order valence-electron chi connectivity index (χ3n) is 18.5. The summed E-state index contributed by atoms with van der Waals surface area (Å²) in [6.07, 6.45) is 12.1. The predicted molar refractivity (Wildman–Crippen MR) is 456 cm³/mol. The number of carbonyl (C=O) groups is 10. The lowest BCUT2D eigenvalue weighted by Gasteiger charge is -2.13. The van der Waals surface area contributed by atoms with E-state index in [0.29, 0.717) is 109 Å². The lowest BCUT2D eigenvalue weighted by Crippen LogP contribution is -2.31. The summed E-state index contributed by atoms with van der Waals surface area (Å²) in [6.45, 7) is 16.7. The molecule has 8 aromatic rings. The van der Waals surface area contributed by atoms with Gasteiger partial charge in [-0.15, -0.1) is 21.5 Å². The van der Waals surface area contributed by atoms with Crippen LogP contribution in [0, 0.1) is 20.8 Å². The van der Waals surface area contributed by atoms with Crippen molar-refractivity contribution < 1.29 is 85.8 Å². The van der Waals surface area contributed by atoms with Gasteiger partial charge in [-0.25, -0.2) is 15.0 Å². The van der Waals surface area contributed by atoms with Crippen molar-refractivity contribution in [2.24, 2.45) is 40.2 Å². The van der Waals surface area contributed by atoms with Gasteiger partial charge in [-0.3, -0.25) is 57.5 Å². The summed E-state index contributed by atoms with van der Waals surface area (Å²) in [4.78, 5) is 149. The highest BCUT2D eigenvalue weighted by Gasteiger charge is 2.33. The number of aliphatic imine (C=N–C) groups is 1. The number of rotatable bonds is 51. The van der Waals surface area contributed by atoms with Crippen LogP contribution in [0.15, 0.2) is 96.0 Å². The number of aromatic nitrogens is 11. The van der Waals surface area contributed by atoms with Crippen LogP contribution in [0.25, 0.3) is 5.00 Å². The van der Waals surface area contributed by atoms with Crippen LogP contribution in [0.1, 0.15) is 151 Å². The van der Waals surface area contributed by atoms with Crippen molar-refractivity contribution >= 4 is 117 Å². The number of nitrogens with zero attached hydrogens (tertiary/aromatic N) is 12. The van der Waals surface area contributed by atoms with Crippen LogP contribution >= 0.6 is 22.9 Å². The molecule has 10 N–H and O–H groups in total. The van der Waals surface area contributed by atoms with Gasteiger partial charge in [0.15, 0.2) is 23.3 Å². The Morgan fingerprint density at radius 3 is 1.54 bits per heavy atom. The molecule has 10 amide bonds.